The molecule has 1 aliphatic rings. The molecule has 5 nitrogen and oxygen atoms in total. The highest BCUT2D eigenvalue weighted by Crippen LogP contribution is 2.39. The number of rotatable bonds is 5. The number of aromatic nitrogens is 2. The number of nitrogens with zero attached hydrogens (tertiary/aromatic N) is 3. The summed E-state index contributed by atoms with van der Waals surface area (Å²) in [7, 11) is 0. The van der Waals surface area contributed by atoms with Crippen LogP contribution in [0.4, 0.5) is 0 Å². The van der Waals surface area contributed by atoms with E-state index in [9.17, 15) is 0 Å². The van der Waals surface area contributed by atoms with E-state index in [2.05, 4.69) is 197 Å². The first-order valence-electron chi connectivity index (χ1n) is 17.5. The van der Waals surface area contributed by atoms with E-state index in [0.717, 1.165) is 33.9 Å². The van der Waals surface area contributed by atoms with Crippen molar-refractivity contribution in [2.24, 2.45) is 4.99 Å². The third-order valence-corrected chi connectivity index (χ3v) is 10.4. The lowest BCUT2D eigenvalue weighted by Gasteiger charge is -2.39. The summed E-state index contributed by atoms with van der Waals surface area (Å²) in [6.07, 6.45) is -0.169. The van der Waals surface area contributed by atoms with E-state index in [1.54, 1.807) is 0 Å². The van der Waals surface area contributed by atoms with Gasteiger partial charge in [-0.25, -0.2) is 4.99 Å². The molecule has 0 bridgehead atoms. The first-order chi connectivity index (χ1) is 25.1. The van der Waals surface area contributed by atoms with Gasteiger partial charge in [0.05, 0.1) is 22.1 Å². The highest BCUT2D eigenvalue weighted by Gasteiger charge is 2.36. The Labute approximate surface area is 296 Å². The molecule has 7 aromatic carbocycles. The summed E-state index contributed by atoms with van der Waals surface area (Å²) in [6, 6.07) is 62.8. The van der Waals surface area contributed by atoms with Gasteiger partial charge in [-0.2, -0.15) is 0 Å². The number of para-hydroxylation sites is 4. The number of hydrogen-bond donors (Lipinski definition) is 2. The molecule has 10 rings (SSSR count). The molecule has 51 heavy (non-hydrogen) atoms. The normalized spacial score (nSPS) is 17.6. The summed E-state index contributed by atoms with van der Waals surface area (Å²) >= 11 is 0. The van der Waals surface area contributed by atoms with Gasteiger partial charge < -0.3 is 14.5 Å². The standard InChI is InChI=1S/C46H35N5/c1-46(48-44(31-16-4-2-5-17-31)47-45(49-46)32-18-6-3-7-19-32)33-28-34(50-40-24-12-8-20-36(40)37-21-9-13-25-41(37)50)30-35(29-33)51-42-26-14-10-22-38(42)39-23-11-15-27-43(39)51/h2-30,44,48H,1H3,(H,47,49). The maximum Gasteiger partial charge on any atom is 0.137 e. The number of amidine groups is 1. The Morgan fingerprint density at radius 2 is 0.902 bits per heavy atom. The lowest BCUT2D eigenvalue weighted by atomic mass is 9.96. The van der Waals surface area contributed by atoms with Crippen LogP contribution in [0.2, 0.25) is 0 Å². The maximum absolute atomic E-state index is 5.50. The first-order valence-corrected chi connectivity index (χ1v) is 17.5. The Bertz CT molecular complexity index is 2540. The summed E-state index contributed by atoms with van der Waals surface area (Å²) in [5.41, 5.74) is 9.30. The van der Waals surface area contributed by atoms with E-state index in [1.807, 2.05) is 6.07 Å². The summed E-state index contributed by atoms with van der Waals surface area (Å²) in [5, 5.41) is 12.6. The van der Waals surface area contributed by atoms with Crippen molar-refractivity contribution in [2.75, 3.05) is 0 Å². The fraction of sp³-hybridized carbons (Fsp3) is 0.0652. The van der Waals surface area contributed by atoms with Crippen LogP contribution in [0, 0.1) is 0 Å². The molecule has 2 atom stereocenters. The van der Waals surface area contributed by atoms with Gasteiger partial charge in [-0.15, -0.1) is 0 Å². The minimum Gasteiger partial charge on any atom is -0.350 e. The molecule has 0 amide bonds. The van der Waals surface area contributed by atoms with Crippen LogP contribution in [0.15, 0.2) is 181 Å². The van der Waals surface area contributed by atoms with Crippen LogP contribution in [0.5, 0.6) is 0 Å². The second-order valence-corrected chi connectivity index (χ2v) is 13.5. The number of fused-ring (bicyclic) bond motifs is 6. The van der Waals surface area contributed by atoms with Crippen LogP contribution >= 0.6 is 0 Å². The van der Waals surface area contributed by atoms with Gasteiger partial charge in [-0.05, 0) is 60.5 Å². The Morgan fingerprint density at radius 1 is 0.490 bits per heavy atom. The van der Waals surface area contributed by atoms with Crippen molar-refractivity contribution >= 4 is 49.4 Å². The zero-order valence-electron chi connectivity index (χ0n) is 28.2. The van der Waals surface area contributed by atoms with E-state index >= 15 is 0 Å². The van der Waals surface area contributed by atoms with Crippen molar-refractivity contribution in [3.8, 4) is 11.4 Å². The van der Waals surface area contributed by atoms with Crippen LogP contribution in [0.1, 0.15) is 29.8 Å². The largest absolute Gasteiger partial charge is 0.350 e. The number of hydrogen-bond acceptors (Lipinski definition) is 3. The van der Waals surface area contributed by atoms with E-state index in [0.29, 0.717) is 0 Å². The average Bonchev–Trinajstić information content (AvgIpc) is 3.71. The van der Waals surface area contributed by atoms with E-state index in [-0.39, 0.29) is 6.17 Å². The smallest absolute Gasteiger partial charge is 0.137 e. The maximum atomic E-state index is 5.50. The zero-order valence-corrected chi connectivity index (χ0v) is 28.2. The molecule has 0 fully saturated rings. The SMILES string of the molecule is CC1(c2cc(-n3c4ccccc4c4ccccc43)cc(-n3c4ccccc4c4ccccc43)c2)N=C(c2ccccc2)NC(c2ccccc2)N1. The van der Waals surface area contributed by atoms with Crippen LogP contribution in [-0.4, -0.2) is 15.0 Å². The third kappa shape index (κ3) is 4.78. The zero-order chi connectivity index (χ0) is 33.9. The van der Waals surface area contributed by atoms with Crippen LogP contribution in [0.3, 0.4) is 0 Å². The van der Waals surface area contributed by atoms with Crippen molar-refractivity contribution in [1.29, 1.82) is 0 Å². The first kappa shape index (κ1) is 29.5. The molecule has 2 unspecified atom stereocenters. The Balaban J connectivity index is 1.28. The highest BCUT2D eigenvalue weighted by molar-refractivity contribution is 6.10. The number of benzene rings is 7. The second kappa shape index (κ2) is 11.6. The molecule has 5 heteroatoms. The molecule has 2 aromatic heterocycles. The van der Waals surface area contributed by atoms with Gasteiger partial charge in [0.1, 0.15) is 17.7 Å². The van der Waals surface area contributed by atoms with Gasteiger partial charge in [-0.1, -0.05) is 133 Å². The number of nitrogens with one attached hydrogen (secondary N) is 2. The topological polar surface area (TPSA) is 46.3 Å². The lowest BCUT2D eigenvalue weighted by Crippen LogP contribution is -2.53. The fourth-order valence-electron chi connectivity index (χ4n) is 7.98. The Hall–Kier alpha value is -6.43. The summed E-state index contributed by atoms with van der Waals surface area (Å²) in [6.45, 7) is 2.20. The van der Waals surface area contributed by atoms with Crippen LogP contribution in [0.25, 0.3) is 55.0 Å². The van der Waals surface area contributed by atoms with Gasteiger partial charge >= 0.3 is 0 Å². The summed E-state index contributed by atoms with van der Waals surface area (Å²) in [4.78, 5) is 5.50. The van der Waals surface area contributed by atoms with Crippen molar-refractivity contribution in [3.63, 3.8) is 0 Å². The van der Waals surface area contributed by atoms with Crippen LogP contribution < -0.4 is 10.6 Å². The van der Waals surface area contributed by atoms with Crippen LogP contribution in [-0.2, 0) is 5.66 Å². The van der Waals surface area contributed by atoms with Crippen molar-refractivity contribution in [3.05, 3.63) is 193 Å². The molecular weight excluding hydrogens is 623 g/mol. The van der Waals surface area contributed by atoms with E-state index < -0.39 is 5.66 Å². The predicted octanol–water partition coefficient (Wildman–Crippen LogP) is 10.4. The third-order valence-electron chi connectivity index (χ3n) is 10.4. The monoisotopic (exact) mass is 657 g/mol. The lowest BCUT2D eigenvalue weighted by molar-refractivity contribution is 0.295. The summed E-state index contributed by atoms with van der Waals surface area (Å²) < 4.78 is 4.82. The van der Waals surface area contributed by atoms with Crippen molar-refractivity contribution < 1.29 is 0 Å². The fourth-order valence-corrected chi connectivity index (χ4v) is 7.98. The minimum absolute atomic E-state index is 0.169. The highest BCUT2D eigenvalue weighted by atomic mass is 15.3. The van der Waals surface area contributed by atoms with Crippen molar-refractivity contribution in [2.45, 2.75) is 18.8 Å². The van der Waals surface area contributed by atoms with Gasteiger partial charge in [0.2, 0.25) is 0 Å². The van der Waals surface area contributed by atoms with Gasteiger partial charge in [0.25, 0.3) is 0 Å². The van der Waals surface area contributed by atoms with Gasteiger partial charge in [0, 0.05) is 38.5 Å². The van der Waals surface area contributed by atoms with E-state index in [1.165, 1.54) is 43.6 Å². The Morgan fingerprint density at radius 3 is 1.37 bits per heavy atom. The molecule has 0 saturated heterocycles. The molecule has 244 valence electrons. The summed E-state index contributed by atoms with van der Waals surface area (Å²) in [5.74, 6) is 0.853. The quantitative estimate of drug-likeness (QED) is 0.194. The molecule has 0 radical (unpaired) electrons. The molecule has 1 aliphatic heterocycles. The molecule has 0 spiro atoms. The minimum atomic E-state index is -0.792. The molecule has 2 N–H and O–H groups in total. The predicted molar refractivity (Wildman–Crippen MR) is 211 cm³/mol. The second-order valence-electron chi connectivity index (χ2n) is 13.5. The molecule has 9 aromatic rings. The van der Waals surface area contributed by atoms with Crippen molar-refractivity contribution in [1.82, 2.24) is 19.8 Å². The molecule has 0 saturated carbocycles. The van der Waals surface area contributed by atoms with Gasteiger partial charge in [0.15, 0.2) is 0 Å². The van der Waals surface area contributed by atoms with Gasteiger partial charge in [-0.3, -0.25) is 5.32 Å². The number of aliphatic imine (C=N–C) groups is 1. The average molecular weight is 658 g/mol. The molecular formula is C46H35N5. The molecule has 0 aliphatic carbocycles. The Kier molecular flexibility index (Phi) is 6.70. The van der Waals surface area contributed by atoms with E-state index in [4.69, 9.17) is 4.99 Å². The molecule has 3 heterocycles.